The fourth-order valence-corrected chi connectivity index (χ4v) is 4.51. The minimum absolute atomic E-state index is 0.138. The van der Waals surface area contributed by atoms with Crippen LogP contribution in [-0.2, 0) is 23.9 Å². The molecule has 0 aliphatic heterocycles. The van der Waals surface area contributed by atoms with Gasteiger partial charge in [0.15, 0.2) is 5.78 Å². The molecule has 1 heterocycles. The second kappa shape index (κ2) is 7.66. The molecule has 7 heteroatoms. The number of aryl methyl sites for hydroxylation is 1. The van der Waals surface area contributed by atoms with Gasteiger partial charge in [-0.2, -0.15) is 0 Å². The molecule has 0 spiro atoms. The Hall–Kier alpha value is -1.73. The first-order chi connectivity index (χ1) is 11.7. The van der Waals surface area contributed by atoms with Gasteiger partial charge in [-0.15, -0.1) is 11.3 Å². The molecule has 4 atom stereocenters. The lowest BCUT2D eigenvalue weighted by atomic mass is 9.63. The van der Waals surface area contributed by atoms with Crippen LogP contribution in [0.15, 0.2) is 12.1 Å². The molecule has 1 fully saturated rings. The zero-order valence-corrected chi connectivity index (χ0v) is 15.7. The van der Waals surface area contributed by atoms with E-state index in [9.17, 15) is 19.5 Å². The van der Waals surface area contributed by atoms with Crippen molar-refractivity contribution >= 4 is 29.1 Å². The van der Waals surface area contributed by atoms with Gasteiger partial charge in [-0.05, 0) is 39.8 Å². The Morgan fingerprint density at radius 2 is 1.84 bits per heavy atom. The van der Waals surface area contributed by atoms with Crippen LogP contribution in [0.3, 0.4) is 0 Å². The standard InChI is InChI=1S/C18H24O6S/c1-5-23-16(20)13-11(19)9-18(4,22)15(17(21)24-6-2)14(13)12-8-7-10(3)25-12/h7-8,13-15,22H,5-6,9H2,1-4H3/t13-,14+,15+,18+/m1/s1. The molecular formula is C18H24O6S. The summed E-state index contributed by atoms with van der Waals surface area (Å²) in [6.07, 6.45) is -0.291. The SMILES string of the molecule is CCOC(=O)[C@@H]1C(=O)C[C@](C)(O)[C@H](C(=O)OCC)[C@H]1c1ccc(C)s1. The maximum atomic E-state index is 12.6. The molecule has 0 unspecified atom stereocenters. The number of ether oxygens (including phenoxy) is 2. The zero-order chi connectivity index (χ0) is 18.8. The fraction of sp³-hybridized carbons (Fsp3) is 0.611. The topological polar surface area (TPSA) is 89.9 Å². The van der Waals surface area contributed by atoms with E-state index in [1.165, 1.54) is 18.3 Å². The van der Waals surface area contributed by atoms with Crippen molar-refractivity contribution in [3.05, 3.63) is 21.9 Å². The summed E-state index contributed by atoms with van der Waals surface area (Å²) in [5.41, 5.74) is -1.59. The maximum Gasteiger partial charge on any atom is 0.317 e. The lowest BCUT2D eigenvalue weighted by molar-refractivity contribution is -0.172. The Kier molecular flexibility index (Phi) is 6.00. The van der Waals surface area contributed by atoms with Crippen molar-refractivity contribution in [3.63, 3.8) is 0 Å². The quantitative estimate of drug-likeness (QED) is 0.633. The monoisotopic (exact) mass is 368 g/mol. The molecule has 2 rings (SSSR count). The van der Waals surface area contributed by atoms with Gasteiger partial charge in [0.05, 0.1) is 24.7 Å². The van der Waals surface area contributed by atoms with E-state index < -0.39 is 41.1 Å². The first-order valence-corrected chi connectivity index (χ1v) is 9.19. The summed E-state index contributed by atoms with van der Waals surface area (Å²) in [6.45, 7) is 6.97. The van der Waals surface area contributed by atoms with Gasteiger partial charge in [-0.3, -0.25) is 14.4 Å². The number of aliphatic hydroxyl groups is 1. The van der Waals surface area contributed by atoms with Gasteiger partial charge < -0.3 is 14.6 Å². The fourth-order valence-electron chi connectivity index (χ4n) is 3.46. The minimum Gasteiger partial charge on any atom is -0.466 e. The molecule has 1 saturated carbocycles. The van der Waals surface area contributed by atoms with Crippen LogP contribution in [0.5, 0.6) is 0 Å². The van der Waals surface area contributed by atoms with Crippen LogP contribution in [0.25, 0.3) is 0 Å². The molecule has 25 heavy (non-hydrogen) atoms. The molecular weight excluding hydrogens is 344 g/mol. The average molecular weight is 368 g/mol. The molecule has 1 aliphatic carbocycles. The van der Waals surface area contributed by atoms with Crippen molar-refractivity contribution in [2.75, 3.05) is 13.2 Å². The van der Waals surface area contributed by atoms with Crippen LogP contribution in [0.4, 0.5) is 0 Å². The molecule has 1 N–H and O–H groups in total. The summed E-state index contributed by atoms with van der Waals surface area (Å²) in [5.74, 6) is -4.61. The van der Waals surface area contributed by atoms with Gasteiger partial charge in [0, 0.05) is 22.1 Å². The van der Waals surface area contributed by atoms with E-state index in [2.05, 4.69) is 0 Å². The van der Waals surface area contributed by atoms with Gasteiger partial charge in [0.1, 0.15) is 5.92 Å². The number of carbonyl (C=O) groups is 3. The van der Waals surface area contributed by atoms with Crippen LogP contribution in [-0.4, -0.2) is 41.6 Å². The van der Waals surface area contributed by atoms with Crippen molar-refractivity contribution in [2.45, 2.75) is 45.6 Å². The van der Waals surface area contributed by atoms with Gasteiger partial charge in [-0.1, -0.05) is 0 Å². The van der Waals surface area contributed by atoms with Crippen LogP contribution in [0.1, 0.15) is 42.9 Å². The van der Waals surface area contributed by atoms with Crippen LogP contribution >= 0.6 is 11.3 Å². The molecule has 0 aromatic carbocycles. The van der Waals surface area contributed by atoms with Crippen molar-refractivity contribution in [1.82, 2.24) is 0 Å². The summed E-state index contributed by atoms with van der Waals surface area (Å²) in [5, 5.41) is 10.8. The van der Waals surface area contributed by atoms with E-state index in [0.29, 0.717) is 4.88 Å². The smallest absolute Gasteiger partial charge is 0.317 e. The zero-order valence-electron chi connectivity index (χ0n) is 14.9. The highest BCUT2D eigenvalue weighted by Crippen LogP contribution is 2.48. The average Bonchev–Trinajstić information content (AvgIpc) is 2.92. The number of esters is 2. The number of hydrogen-bond acceptors (Lipinski definition) is 7. The van der Waals surface area contributed by atoms with E-state index in [1.807, 2.05) is 13.0 Å². The Morgan fingerprint density at radius 3 is 2.36 bits per heavy atom. The van der Waals surface area contributed by atoms with Crippen molar-refractivity contribution in [2.24, 2.45) is 11.8 Å². The molecule has 0 bridgehead atoms. The van der Waals surface area contributed by atoms with Crippen LogP contribution in [0, 0.1) is 18.8 Å². The molecule has 0 amide bonds. The van der Waals surface area contributed by atoms with Gasteiger partial charge in [-0.25, -0.2) is 0 Å². The third-order valence-electron chi connectivity index (χ3n) is 4.44. The molecule has 0 saturated heterocycles. The Balaban J connectivity index is 2.56. The molecule has 138 valence electrons. The summed E-state index contributed by atoms with van der Waals surface area (Å²) in [4.78, 5) is 39.4. The first-order valence-electron chi connectivity index (χ1n) is 8.37. The largest absolute Gasteiger partial charge is 0.466 e. The molecule has 1 aromatic heterocycles. The van der Waals surface area contributed by atoms with Crippen LogP contribution < -0.4 is 0 Å². The Morgan fingerprint density at radius 1 is 1.24 bits per heavy atom. The molecule has 1 aromatic rings. The number of carbonyl (C=O) groups excluding carboxylic acids is 3. The second-order valence-corrected chi connectivity index (χ2v) is 7.75. The summed E-state index contributed by atoms with van der Waals surface area (Å²) < 4.78 is 10.2. The van der Waals surface area contributed by atoms with E-state index in [1.54, 1.807) is 19.9 Å². The van der Waals surface area contributed by atoms with E-state index in [4.69, 9.17) is 9.47 Å². The number of hydrogen-bond donors (Lipinski definition) is 1. The predicted molar refractivity (Wildman–Crippen MR) is 92.3 cm³/mol. The number of ketones is 1. The third-order valence-corrected chi connectivity index (χ3v) is 5.54. The molecule has 0 radical (unpaired) electrons. The molecule has 6 nitrogen and oxygen atoms in total. The van der Waals surface area contributed by atoms with Crippen LogP contribution in [0.2, 0.25) is 0 Å². The lowest BCUT2D eigenvalue weighted by Gasteiger charge is -2.43. The predicted octanol–water partition coefficient (Wildman–Crippen LogP) is 2.22. The van der Waals surface area contributed by atoms with E-state index in [-0.39, 0.29) is 19.6 Å². The van der Waals surface area contributed by atoms with E-state index in [0.717, 1.165) is 4.88 Å². The lowest BCUT2D eigenvalue weighted by Crippen LogP contribution is -2.55. The summed E-state index contributed by atoms with van der Waals surface area (Å²) in [6, 6.07) is 3.65. The number of rotatable bonds is 5. The van der Waals surface area contributed by atoms with Crippen molar-refractivity contribution in [1.29, 1.82) is 0 Å². The highest BCUT2D eigenvalue weighted by Gasteiger charge is 2.57. The number of Topliss-reactive ketones (excluding diaryl/α,β-unsaturated/α-hetero) is 1. The minimum atomic E-state index is -1.59. The maximum absolute atomic E-state index is 12.6. The number of thiophene rings is 1. The Labute approximate surface area is 151 Å². The summed E-state index contributed by atoms with van der Waals surface area (Å²) >= 11 is 1.40. The normalized spacial score (nSPS) is 29.3. The van der Waals surface area contributed by atoms with Gasteiger partial charge in [0.25, 0.3) is 0 Å². The first kappa shape index (κ1) is 19.6. The Bertz CT molecular complexity index is 662. The van der Waals surface area contributed by atoms with Crippen molar-refractivity contribution < 1.29 is 29.0 Å². The van der Waals surface area contributed by atoms with Gasteiger partial charge in [0.2, 0.25) is 0 Å². The third kappa shape index (κ3) is 3.93. The van der Waals surface area contributed by atoms with E-state index >= 15 is 0 Å². The second-order valence-electron chi connectivity index (χ2n) is 6.43. The summed E-state index contributed by atoms with van der Waals surface area (Å²) in [7, 11) is 0. The molecule has 1 aliphatic rings. The highest BCUT2D eigenvalue weighted by molar-refractivity contribution is 7.12. The van der Waals surface area contributed by atoms with Gasteiger partial charge >= 0.3 is 11.9 Å². The highest BCUT2D eigenvalue weighted by atomic mass is 32.1. The van der Waals surface area contributed by atoms with Crippen molar-refractivity contribution in [3.8, 4) is 0 Å².